The van der Waals surface area contributed by atoms with Crippen LogP contribution in [0.15, 0.2) is 46.3 Å². The fraction of sp³-hybridized carbons (Fsp3) is 0.286. The van der Waals surface area contributed by atoms with Crippen molar-refractivity contribution in [3.8, 4) is 22.3 Å². The molecule has 0 N–H and O–H groups in total. The van der Waals surface area contributed by atoms with Crippen LogP contribution < -0.4 is 9.47 Å². The van der Waals surface area contributed by atoms with Crippen LogP contribution >= 0.6 is 11.3 Å². The van der Waals surface area contributed by atoms with Crippen molar-refractivity contribution in [2.24, 2.45) is 0 Å². The summed E-state index contributed by atoms with van der Waals surface area (Å²) < 4.78 is 16.0. The third-order valence-corrected chi connectivity index (χ3v) is 5.92. The minimum absolute atomic E-state index is 0.00635. The van der Waals surface area contributed by atoms with E-state index in [-0.39, 0.29) is 12.7 Å². The lowest BCUT2D eigenvalue weighted by Crippen LogP contribution is -2.47. The molecule has 0 saturated carbocycles. The van der Waals surface area contributed by atoms with E-state index in [1.807, 2.05) is 46.7 Å². The highest BCUT2D eigenvalue weighted by Gasteiger charge is 2.21. The van der Waals surface area contributed by atoms with Crippen LogP contribution in [0.4, 0.5) is 0 Å². The van der Waals surface area contributed by atoms with Crippen LogP contribution in [0.3, 0.4) is 0 Å². The van der Waals surface area contributed by atoms with Gasteiger partial charge in [0, 0.05) is 32.3 Å². The van der Waals surface area contributed by atoms with Crippen LogP contribution in [0, 0.1) is 0 Å². The van der Waals surface area contributed by atoms with E-state index in [0.717, 1.165) is 29.3 Å². The van der Waals surface area contributed by atoms with Crippen molar-refractivity contribution in [2.75, 3.05) is 33.0 Å². The lowest BCUT2D eigenvalue weighted by molar-refractivity contribution is -0.127. The molecular formula is C21H20N4O4S. The van der Waals surface area contributed by atoms with Crippen LogP contribution in [0.2, 0.25) is 0 Å². The Bertz CT molecular complexity index is 1050. The summed E-state index contributed by atoms with van der Waals surface area (Å²) in [4.78, 5) is 22.1. The summed E-state index contributed by atoms with van der Waals surface area (Å²) in [5.74, 6) is 2.68. The summed E-state index contributed by atoms with van der Waals surface area (Å²) in [5, 5.41) is 6.06. The fourth-order valence-electron chi connectivity index (χ4n) is 3.43. The Morgan fingerprint density at radius 2 is 2.00 bits per heavy atom. The monoisotopic (exact) mass is 424 g/mol. The summed E-state index contributed by atoms with van der Waals surface area (Å²) in [6, 6.07) is 9.56. The Kier molecular flexibility index (Phi) is 5.20. The molecule has 0 unspecified atom stereocenters. The second kappa shape index (κ2) is 8.29. The first-order chi connectivity index (χ1) is 14.7. The van der Waals surface area contributed by atoms with Gasteiger partial charge in [-0.3, -0.25) is 9.69 Å². The van der Waals surface area contributed by atoms with Crippen molar-refractivity contribution >= 4 is 23.3 Å². The average molecular weight is 424 g/mol. The van der Waals surface area contributed by atoms with E-state index in [4.69, 9.17) is 14.0 Å². The number of nitrogens with zero attached hydrogens (tertiary/aromatic N) is 4. The molecule has 1 saturated heterocycles. The molecular weight excluding hydrogens is 404 g/mol. The van der Waals surface area contributed by atoms with Gasteiger partial charge in [0.1, 0.15) is 0 Å². The van der Waals surface area contributed by atoms with Crippen molar-refractivity contribution in [1.29, 1.82) is 0 Å². The number of carbonyl (C=O) groups excluding carboxylic acids is 1. The number of amides is 1. The zero-order chi connectivity index (χ0) is 20.3. The second-order valence-corrected chi connectivity index (χ2v) is 7.99. The molecule has 1 fully saturated rings. The number of thiophene rings is 1. The van der Waals surface area contributed by atoms with Gasteiger partial charge in [0.05, 0.1) is 11.4 Å². The molecule has 2 aromatic heterocycles. The van der Waals surface area contributed by atoms with Gasteiger partial charge in [0.15, 0.2) is 17.3 Å². The number of benzene rings is 1. The zero-order valence-electron chi connectivity index (χ0n) is 16.2. The fourth-order valence-corrected chi connectivity index (χ4v) is 4.08. The Balaban J connectivity index is 1.13. The highest BCUT2D eigenvalue weighted by Crippen LogP contribution is 2.32. The van der Waals surface area contributed by atoms with Gasteiger partial charge in [-0.1, -0.05) is 17.3 Å². The topological polar surface area (TPSA) is 80.9 Å². The standard InChI is InChI=1S/C21H20N4O4S/c26-20(6-4-15-3-5-16-17(12-15)28-14-27-16)25-9-7-24(8-10-25)13-19-22-21(29-23-19)18-2-1-11-30-18/h1-6,11-12H,7-10,13-14H2/b6-4+. The highest BCUT2D eigenvalue weighted by atomic mass is 32.1. The molecule has 1 aromatic carbocycles. The van der Waals surface area contributed by atoms with E-state index in [0.29, 0.717) is 37.1 Å². The molecule has 0 atom stereocenters. The Labute approximate surface area is 177 Å². The summed E-state index contributed by atoms with van der Waals surface area (Å²) in [7, 11) is 0. The summed E-state index contributed by atoms with van der Waals surface area (Å²) >= 11 is 1.57. The van der Waals surface area contributed by atoms with Crippen molar-refractivity contribution in [3.05, 3.63) is 53.2 Å². The van der Waals surface area contributed by atoms with Crippen LogP contribution in [0.25, 0.3) is 16.8 Å². The van der Waals surface area contributed by atoms with Gasteiger partial charge < -0.3 is 18.9 Å². The van der Waals surface area contributed by atoms with Gasteiger partial charge in [0.25, 0.3) is 5.89 Å². The number of fused-ring (bicyclic) bond motifs is 1. The normalized spacial score (nSPS) is 16.5. The predicted molar refractivity (Wildman–Crippen MR) is 111 cm³/mol. The molecule has 2 aliphatic rings. The molecule has 0 bridgehead atoms. The van der Waals surface area contributed by atoms with E-state index in [9.17, 15) is 4.79 Å². The van der Waals surface area contributed by atoms with Gasteiger partial charge >= 0.3 is 0 Å². The van der Waals surface area contributed by atoms with E-state index in [2.05, 4.69) is 15.0 Å². The van der Waals surface area contributed by atoms with Gasteiger partial charge in [0.2, 0.25) is 12.7 Å². The molecule has 0 radical (unpaired) electrons. The summed E-state index contributed by atoms with van der Waals surface area (Å²) in [6.07, 6.45) is 3.42. The predicted octanol–water partition coefficient (Wildman–Crippen LogP) is 2.88. The van der Waals surface area contributed by atoms with Gasteiger partial charge in [-0.25, -0.2) is 0 Å². The Morgan fingerprint density at radius 3 is 2.83 bits per heavy atom. The first kappa shape index (κ1) is 18.8. The largest absolute Gasteiger partial charge is 0.454 e. The molecule has 0 aliphatic carbocycles. The lowest BCUT2D eigenvalue weighted by atomic mass is 10.2. The number of ether oxygens (including phenoxy) is 2. The maximum atomic E-state index is 12.5. The third kappa shape index (κ3) is 4.07. The minimum Gasteiger partial charge on any atom is -0.454 e. The maximum Gasteiger partial charge on any atom is 0.268 e. The first-order valence-corrected chi connectivity index (χ1v) is 10.6. The third-order valence-electron chi connectivity index (χ3n) is 5.06. The molecule has 1 amide bonds. The van der Waals surface area contributed by atoms with E-state index in [1.54, 1.807) is 17.4 Å². The molecule has 5 rings (SSSR count). The van der Waals surface area contributed by atoms with Gasteiger partial charge in [-0.05, 0) is 35.2 Å². The smallest absolute Gasteiger partial charge is 0.268 e. The zero-order valence-corrected chi connectivity index (χ0v) is 17.0. The molecule has 9 heteroatoms. The number of hydrogen-bond donors (Lipinski definition) is 0. The van der Waals surface area contributed by atoms with Crippen molar-refractivity contribution in [1.82, 2.24) is 19.9 Å². The van der Waals surface area contributed by atoms with Crippen LogP contribution in [-0.4, -0.2) is 58.8 Å². The van der Waals surface area contributed by atoms with Crippen molar-refractivity contribution in [3.63, 3.8) is 0 Å². The van der Waals surface area contributed by atoms with E-state index in [1.165, 1.54) is 0 Å². The number of carbonyl (C=O) groups is 1. The first-order valence-electron chi connectivity index (χ1n) is 9.70. The molecule has 0 spiro atoms. The SMILES string of the molecule is O=C(/C=C/c1ccc2c(c1)OCO2)N1CCN(Cc2noc(-c3cccs3)n2)CC1. The van der Waals surface area contributed by atoms with Crippen LogP contribution in [0.1, 0.15) is 11.4 Å². The average Bonchev–Trinajstić information content (AvgIpc) is 3.53. The minimum atomic E-state index is 0.00635. The van der Waals surface area contributed by atoms with E-state index >= 15 is 0 Å². The molecule has 2 aliphatic heterocycles. The van der Waals surface area contributed by atoms with Gasteiger partial charge in [-0.15, -0.1) is 11.3 Å². The maximum absolute atomic E-state index is 12.5. The highest BCUT2D eigenvalue weighted by molar-refractivity contribution is 7.13. The molecule has 154 valence electrons. The number of hydrogen-bond acceptors (Lipinski definition) is 8. The summed E-state index contributed by atoms with van der Waals surface area (Å²) in [6.45, 7) is 3.73. The lowest BCUT2D eigenvalue weighted by Gasteiger charge is -2.33. The quantitative estimate of drug-likeness (QED) is 0.583. The Hall–Kier alpha value is -3.17. The number of rotatable bonds is 5. The van der Waals surface area contributed by atoms with Crippen LogP contribution in [-0.2, 0) is 11.3 Å². The van der Waals surface area contributed by atoms with Crippen molar-refractivity contribution in [2.45, 2.75) is 6.54 Å². The summed E-state index contributed by atoms with van der Waals surface area (Å²) in [5.41, 5.74) is 0.907. The van der Waals surface area contributed by atoms with E-state index < -0.39 is 0 Å². The number of piperazine rings is 1. The second-order valence-electron chi connectivity index (χ2n) is 7.04. The Morgan fingerprint density at radius 1 is 1.13 bits per heavy atom. The van der Waals surface area contributed by atoms with Gasteiger partial charge in [-0.2, -0.15) is 4.98 Å². The van der Waals surface area contributed by atoms with Crippen molar-refractivity contribution < 1.29 is 18.8 Å². The molecule has 4 heterocycles. The molecule has 30 heavy (non-hydrogen) atoms. The van der Waals surface area contributed by atoms with Crippen LogP contribution in [0.5, 0.6) is 11.5 Å². The number of aromatic nitrogens is 2. The molecule has 3 aromatic rings. The molecule has 8 nitrogen and oxygen atoms in total.